The molecule has 8 heavy (non-hydrogen) atoms. The predicted molar refractivity (Wildman–Crippen MR) is 35.1 cm³/mol. The van der Waals surface area contributed by atoms with Crippen LogP contribution >= 0.6 is 0 Å². The first-order chi connectivity index (χ1) is 3.27. The topological polar surface area (TPSA) is 37.3 Å². The van der Waals surface area contributed by atoms with Crippen LogP contribution in [0.2, 0.25) is 0 Å². The molecule has 0 aromatic carbocycles. The van der Waals surface area contributed by atoms with Crippen molar-refractivity contribution in [2.45, 2.75) is 26.2 Å². The smallest absolute Gasteiger partial charge is 1.00 e. The van der Waals surface area contributed by atoms with Crippen LogP contribution < -0.4 is 0 Å². The maximum Gasteiger partial charge on any atom is 2.00 e. The van der Waals surface area contributed by atoms with E-state index in [1.165, 1.54) is 0 Å². The molecule has 0 atom stereocenters. The maximum atomic E-state index is 9.76. The number of carboxylic acid groups (broad SMARTS) is 1. The molecule has 0 aliphatic carbocycles. The minimum Gasteiger partial charge on any atom is -1.00 e. The fourth-order valence-electron chi connectivity index (χ4n) is 0.328. The zero-order valence-corrected chi connectivity index (χ0v) is 8.66. The van der Waals surface area contributed by atoms with Gasteiger partial charge in [0.1, 0.15) is 0 Å². The van der Waals surface area contributed by atoms with Crippen molar-refractivity contribution >= 4 is 51.5 Å². The summed E-state index contributed by atoms with van der Waals surface area (Å²) in [6.07, 6.45) is 2.08. The van der Waals surface area contributed by atoms with E-state index < -0.39 is 5.97 Å². The molecule has 46 valence electrons. The zero-order valence-electron chi connectivity index (χ0n) is 7.18. The molecule has 0 amide bonds. The average molecular weight is 192 g/mol. The standard InChI is InChI=1S/C5H10O2.Sr.2H/c1-2-3-4-5(6)7;;;/h2-4H2,1H3,(H,6,7);;;/q;+2;2*-1. The second kappa shape index (κ2) is 7.95. The second-order valence-corrected chi connectivity index (χ2v) is 1.50. The van der Waals surface area contributed by atoms with E-state index >= 15 is 0 Å². The summed E-state index contributed by atoms with van der Waals surface area (Å²) in [6.45, 7) is 1.98. The second-order valence-electron chi connectivity index (χ2n) is 1.50. The van der Waals surface area contributed by atoms with Crippen molar-refractivity contribution in [1.82, 2.24) is 0 Å². The number of aliphatic carboxylic acids is 1. The largest absolute Gasteiger partial charge is 2.00 e. The van der Waals surface area contributed by atoms with Crippen molar-refractivity contribution in [2.75, 3.05) is 0 Å². The molecule has 0 aliphatic rings. The van der Waals surface area contributed by atoms with Gasteiger partial charge in [-0.05, 0) is 6.42 Å². The molecular formula is C5H12O2Sr. The molecule has 1 N–H and O–H groups in total. The molecule has 0 fully saturated rings. The van der Waals surface area contributed by atoms with Crippen LogP contribution in [0.3, 0.4) is 0 Å². The summed E-state index contributed by atoms with van der Waals surface area (Å²) in [5, 5.41) is 8.04. The summed E-state index contributed by atoms with van der Waals surface area (Å²) in [6, 6.07) is 0. The number of rotatable bonds is 3. The van der Waals surface area contributed by atoms with Crippen LogP contribution in [0.1, 0.15) is 29.0 Å². The predicted octanol–water partition coefficient (Wildman–Crippen LogP) is 1.11. The molecular weight excluding hydrogens is 180 g/mol. The Hall–Kier alpha value is 0.951. The molecule has 0 heterocycles. The normalized spacial score (nSPS) is 7.62. The molecule has 2 nitrogen and oxygen atoms in total. The molecule has 0 saturated carbocycles. The Balaban J connectivity index is -0.0000000600. The number of carboxylic acids is 1. The van der Waals surface area contributed by atoms with Crippen molar-refractivity contribution in [1.29, 1.82) is 0 Å². The monoisotopic (exact) mass is 192 g/mol. The fourth-order valence-corrected chi connectivity index (χ4v) is 0.328. The molecule has 0 unspecified atom stereocenters. The first-order valence-electron chi connectivity index (χ1n) is 2.49. The van der Waals surface area contributed by atoms with Crippen LogP contribution in [0.4, 0.5) is 0 Å². The van der Waals surface area contributed by atoms with E-state index in [0.717, 1.165) is 12.8 Å². The molecule has 0 aliphatic heterocycles. The molecule has 0 bridgehead atoms. The van der Waals surface area contributed by atoms with Crippen molar-refractivity contribution in [3.05, 3.63) is 0 Å². The summed E-state index contributed by atoms with van der Waals surface area (Å²) in [5.41, 5.74) is 0. The number of hydrogen-bond donors (Lipinski definition) is 1. The van der Waals surface area contributed by atoms with Crippen molar-refractivity contribution < 1.29 is 12.8 Å². The van der Waals surface area contributed by atoms with Crippen LogP contribution in [0.25, 0.3) is 0 Å². The minimum atomic E-state index is -0.693. The van der Waals surface area contributed by atoms with Gasteiger partial charge in [-0.25, -0.2) is 0 Å². The molecule has 0 saturated heterocycles. The third kappa shape index (κ3) is 10.0. The van der Waals surface area contributed by atoms with Crippen LogP contribution in [-0.2, 0) is 4.79 Å². The fraction of sp³-hybridized carbons (Fsp3) is 0.800. The van der Waals surface area contributed by atoms with E-state index in [-0.39, 0.29) is 48.3 Å². The summed E-state index contributed by atoms with van der Waals surface area (Å²) in [7, 11) is 0. The molecule has 3 heteroatoms. The third-order valence-corrected chi connectivity index (χ3v) is 0.744. The first-order valence-corrected chi connectivity index (χ1v) is 2.49. The summed E-state index contributed by atoms with van der Waals surface area (Å²) >= 11 is 0. The van der Waals surface area contributed by atoms with Gasteiger partial charge in [0, 0.05) is 6.42 Å². The van der Waals surface area contributed by atoms with E-state index in [0.29, 0.717) is 6.42 Å². The average Bonchev–Trinajstić information content (AvgIpc) is 1.61. The first kappa shape index (κ1) is 11.7. The Bertz CT molecular complexity index is 70.7. The van der Waals surface area contributed by atoms with Gasteiger partial charge in [0.2, 0.25) is 0 Å². The van der Waals surface area contributed by atoms with Gasteiger partial charge in [-0.2, -0.15) is 0 Å². The van der Waals surface area contributed by atoms with Crippen LogP contribution in [-0.4, -0.2) is 56.6 Å². The van der Waals surface area contributed by atoms with Crippen LogP contribution in [0.15, 0.2) is 0 Å². The van der Waals surface area contributed by atoms with Crippen molar-refractivity contribution in [3.8, 4) is 0 Å². The van der Waals surface area contributed by atoms with Gasteiger partial charge in [-0.15, -0.1) is 0 Å². The minimum absolute atomic E-state index is 0. The number of hydrogen-bond acceptors (Lipinski definition) is 1. The SMILES string of the molecule is CCCCC(=O)O.[H-].[H-].[Sr+2]. The molecule has 0 aromatic heterocycles. The molecule has 0 radical (unpaired) electrons. The van der Waals surface area contributed by atoms with E-state index in [1.807, 2.05) is 6.92 Å². The van der Waals surface area contributed by atoms with Gasteiger partial charge in [-0.1, -0.05) is 13.3 Å². The Labute approximate surface area is 89.5 Å². The Morgan fingerprint density at radius 1 is 1.75 bits per heavy atom. The van der Waals surface area contributed by atoms with Gasteiger partial charge < -0.3 is 7.96 Å². The zero-order chi connectivity index (χ0) is 5.70. The van der Waals surface area contributed by atoms with Gasteiger partial charge in [0.25, 0.3) is 0 Å². The van der Waals surface area contributed by atoms with E-state index in [1.54, 1.807) is 0 Å². The quantitative estimate of drug-likeness (QED) is 0.679. The third-order valence-electron chi connectivity index (χ3n) is 0.744. The van der Waals surface area contributed by atoms with Crippen molar-refractivity contribution in [2.24, 2.45) is 0 Å². The number of carbonyl (C=O) groups is 1. The Morgan fingerprint density at radius 3 is 2.38 bits per heavy atom. The summed E-state index contributed by atoms with van der Waals surface area (Å²) in [4.78, 5) is 9.76. The van der Waals surface area contributed by atoms with Crippen LogP contribution in [0, 0.1) is 0 Å². The molecule has 0 rings (SSSR count). The molecule has 0 spiro atoms. The Kier molecular flexibility index (Phi) is 11.6. The van der Waals surface area contributed by atoms with Gasteiger partial charge >= 0.3 is 51.5 Å². The number of unbranched alkanes of at least 4 members (excludes halogenated alkanes) is 1. The van der Waals surface area contributed by atoms with E-state index in [9.17, 15) is 4.79 Å². The van der Waals surface area contributed by atoms with Crippen LogP contribution in [0.5, 0.6) is 0 Å². The van der Waals surface area contributed by atoms with Crippen molar-refractivity contribution in [3.63, 3.8) is 0 Å². The van der Waals surface area contributed by atoms with E-state index in [2.05, 4.69) is 0 Å². The summed E-state index contributed by atoms with van der Waals surface area (Å²) < 4.78 is 0. The summed E-state index contributed by atoms with van der Waals surface area (Å²) in [5.74, 6) is -0.693. The van der Waals surface area contributed by atoms with Gasteiger partial charge in [0.05, 0.1) is 0 Å². The maximum absolute atomic E-state index is 9.76. The Morgan fingerprint density at radius 2 is 2.25 bits per heavy atom. The molecule has 0 aromatic rings. The van der Waals surface area contributed by atoms with Gasteiger partial charge in [0.15, 0.2) is 0 Å². The van der Waals surface area contributed by atoms with E-state index in [4.69, 9.17) is 5.11 Å². The van der Waals surface area contributed by atoms with Gasteiger partial charge in [-0.3, -0.25) is 4.79 Å².